The van der Waals surface area contributed by atoms with Crippen molar-refractivity contribution in [1.29, 1.82) is 0 Å². The highest BCUT2D eigenvalue weighted by atomic mass is 79.9. The number of thioether (sulfide) groups is 1. The zero-order chi connectivity index (χ0) is 21.0. The lowest BCUT2D eigenvalue weighted by Crippen LogP contribution is -2.40. The second-order valence-corrected chi connectivity index (χ2v) is 8.33. The Labute approximate surface area is 181 Å². The molecular formula is C20H21BrN2O5S. The minimum atomic E-state index is -0.467. The van der Waals surface area contributed by atoms with E-state index in [-0.39, 0.29) is 17.4 Å². The van der Waals surface area contributed by atoms with Gasteiger partial charge in [-0.1, -0.05) is 28.6 Å². The molecule has 154 valence electrons. The predicted octanol–water partition coefficient (Wildman–Crippen LogP) is 3.68. The molecule has 2 aliphatic rings. The fraction of sp³-hybridized carbons (Fsp3) is 0.350. The van der Waals surface area contributed by atoms with E-state index in [0.29, 0.717) is 41.2 Å². The van der Waals surface area contributed by atoms with Gasteiger partial charge in [0.2, 0.25) is 5.91 Å². The van der Waals surface area contributed by atoms with Crippen molar-refractivity contribution < 1.29 is 23.9 Å². The lowest BCUT2D eigenvalue weighted by atomic mass is 10.2. The topological polar surface area (TPSA) is 76.2 Å². The first-order chi connectivity index (χ1) is 13.9. The van der Waals surface area contributed by atoms with E-state index in [9.17, 15) is 14.4 Å². The normalized spacial score (nSPS) is 17.9. The Bertz CT molecular complexity index is 880. The number of benzene rings is 1. The Morgan fingerprint density at radius 2 is 2.00 bits per heavy atom. The second kappa shape index (κ2) is 9.49. The summed E-state index contributed by atoms with van der Waals surface area (Å²) in [7, 11) is 1.52. The van der Waals surface area contributed by atoms with Crippen LogP contribution in [0, 0.1) is 0 Å². The Morgan fingerprint density at radius 1 is 1.28 bits per heavy atom. The van der Waals surface area contributed by atoms with Gasteiger partial charge in [-0.05, 0) is 48.4 Å². The largest absolute Gasteiger partial charge is 0.493 e. The highest BCUT2D eigenvalue weighted by Crippen LogP contribution is 2.38. The molecule has 0 spiro atoms. The number of rotatable bonds is 7. The smallest absolute Gasteiger partial charge is 0.294 e. The molecule has 2 aliphatic heterocycles. The highest BCUT2D eigenvalue weighted by Gasteiger charge is 2.37. The summed E-state index contributed by atoms with van der Waals surface area (Å²) in [6.45, 7) is 5.08. The Morgan fingerprint density at radius 3 is 2.66 bits per heavy atom. The summed E-state index contributed by atoms with van der Waals surface area (Å²) < 4.78 is 11.6. The van der Waals surface area contributed by atoms with Crippen LogP contribution in [-0.2, 0) is 9.59 Å². The maximum atomic E-state index is 12.7. The molecule has 0 bridgehead atoms. The average Bonchev–Trinajstić information content (AvgIpc) is 3.33. The van der Waals surface area contributed by atoms with Gasteiger partial charge in [0.25, 0.3) is 11.1 Å². The molecule has 29 heavy (non-hydrogen) atoms. The molecule has 0 aliphatic carbocycles. The van der Waals surface area contributed by atoms with Crippen LogP contribution < -0.4 is 9.47 Å². The molecule has 0 aromatic heterocycles. The number of methoxy groups -OCH3 is 1. The molecule has 0 saturated carbocycles. The number of likely N-dealkylation sites (tertiary alicyclic amines) is 1. The first kappa shape index (κ1) is 21.4. The van der Waals surface area contributed by atoms with Gasteiger partial charge in [0, 0.05) is 17.6 Å². The third-order valence-corrected chi connectivity index (χ3v) is 6.15. The van der Waals surface area contributed by atoms with E-state index in [1.54, 1.807) is 29.2 Å². The number of hydrogen-bond acceptors (Lipinski definition) is 6. The molecule has 2 heterocycles. The zero-order valence-electron chi connectivity index (χ0n) is 16.0. The number of imide groups is 1. The summed E-state index contributed by atoms with van der Waals surface area (Å²) in [6, 6.07) is 3.45. The van der Waals surface area contributed by atoms with E-state index >= 15 is 0 Å². The third kappa shape index (κ3) is 4.84. The van der Waals surface area contributed by atoms with E-state index in [1.165, 1.54) is 7.11 Å². The second-order valence-electron chi connectivity index (χ2n) is 6.48. The van der Waals surface area contributed by atoms with E-state index in [4.69, 9.17) is 9.47 Å². The summed E-state index contributed by atoms with van der Waals surface area (Å²) in [5.41, 5.74) is 0.657. The minimum absolute atomic E-state index is 0.197. The minimum Gasteiger partial charge on any atom is -0.493 e. The van der Waals surface area contributed by atoms with E-state index in [1.807, 2.05) is 0 Å². The highest BCUT2D eigenvalue weighted by molar-refractivity contribution is 9.10. The zero-order valence-corrected chi connectivity index (χ0v) is 18.4. The van der Waals surface area contributed by atoms with E-state index in [0.717, 1.165) is 29.5 Å². The monoisotopic (exact) mass is 480 g/mol. The van der Waals surface area contributed by atoms with Crippen molar-refractivity contribution in [1.82, 2.24) is 9.80 Å². The summed E-state index contributed by atoms with van der Waals surface area (Å²) in [6.07, 6.45) is 5.14. The number of carbonyl (C=O) groups is 3. The number of ether oxygens (including phenoxy) is 2. The van der Waals surface area contributed by atoms with Gasteiger partial charge < -0.3 is 14.4 Å². The molecule has 0 atom stereocenters. The lowest BCUT2D eigenvalue weighted by Gasteiger charge is -2.18. The van der Waals surface area contributed by atoms with Crippen molar-refractivity contribution in [3.8, 4) is 11.5 Å². The molecule has 1 aromatic rings. The van der Waals surface area contributed by atoms with Gasteiger partial charge >= 0.3 is 0 Å². The standard InChI is InChI=1S/C20H21BrN2O5S/c1-3-8-28-16-11-14(21)13(9-15(16)27-2)10-17-19(25)23(20(26)29-17)12-18(24)22-6-4-5-7-22/h3,9-11H,1,4-8,12H2,2H3/b17-10+. The van der Waals surface area contributed by atoms with Crippen LogP contribution in [0.15, 0.2) is 34.2 Å². The van der Waals surface area contributed by atoms with Gasteiger partial charge in [0.1, 0.15) is 13.2 Å². The van der Waals surface area contributed by atoms with Crippen molar-refractivity contribution >= 4 is 50.8 Å². The maximum Gasteiger partial charge on any atom is 0.294 e. The van der Waals surface area contributed by atoms with Gasteiger partial charge in [-0.3, -0.25) is 19.3 Å². The van der Waals surface area contributed by atoms with Crippen LogP contribution in [0.1, 0.15) is 18.4 Å². The molecule has 7 nitrogen and oxygen atoms in total. The van der Waals surface area contributed by atoms with Crippen molar-refractivity contribution in [2.75, 3.05) is 33.4 Å². The van der Waals surface area contributed by atoms with Crippen molar-refractivity contribution in [3.63, 3.8) is 0 Å². The van der Waals surface area contributed by atoms with Crippen LogP contribution in [-0.4, -0.2) is 60.2 Å². The van der Waals surface area contributed by atoms with Crippen molar-refractivity contribution in [3.05, 3.63) is 39.7 Å². The first-order valence-electron chi connectivity index (χ1n) is 9.09. The molecule has 0 unspecified atom stereocenters. The third-order valence-electron chi connectivity index (χ3n) is 4.55. The number of halogens is 1. The van der Waals surface area contributed by atoms with Crippen LogP contribution in [0.3, 0.4) is 0 Å². The lowest BCUT2D eigenvalue weighted by molar-refractivity contribution is -0.135. The van der Waals surface area contributed by atoms with Crippen molar-refractivity contribution in [2.24, 2.45) is 0 Å². The SMILES string of the molecule is C=CCOc1cc(Br)c(/C=C2/SC(=O)N(CC(=O)N3CCCC3)C2=O)cc1OC. The number of carbonyl (C=O) groups excluding carboxylic acids is 3. The van der Waals surface area contributed by atoms with E-state index in [2.05, 4.69) is 22.5 Å². The molecule has 3 rings (SSSR count). The Balaban J connectivity index is 1.79. The molecular weight excluding hydrogens is 460 g/mol. The average molecular weight is 481 g/mol. The molecule has 0 radical (unpaired) electrons. The van der Waals surface area contributed by atoms with Crippen LogP contribution in [0.25, 0.3) is 6.08 Å². The van der Waals surface area contributed by atoms with Gasteiger partial charge in [-0.2, -0.15) is 0 Å². The summed E-state index contributed by atoms with van der Waals surface area (Å²) in [5.74, 6) is 0.355. The maximum absolute atomic E-state index is 12.7. The van der Waals surface area contributed by atoms with Gasteiger partial charge in [-0.25, -0.2) is 0 Å². The predicted molar refractivity (Wildman–Crippen MR) is 115 cm³/mol. The van der Waals surface area contributed by atoms with Gasteiger partial charge in [-0.15, -0.1) is 0 Å². The molecule has 0 N–H and O–H groups in total. The fourth-order valence-electron chi connectivity index (χ4n) is 3.06. The Hall–Kier alpha value is -2.26. The number of amides is 3. The Kier molecular flexibility index (Phi) is 7.02. The van der Waals surface area contributed by atoms with Crippen LogP contribution in [0.4, 0.5) is 4.79 Å². The van der Waals surface area contributed by atoms with Crippen LogP contribution >= 0.6 is 27.7 Å². The van der Waals surface area contributed by atoms with Crippen molar-refractivity contribution in [2.45, 2.75) is 12.8 Å². The fourth-order valence-corrected chi connectivity index (χ4v) is 4.33. The number of nitrogens with zero attached hydrogens (tertiary/aromatic N) is 2. The molecule has 2 saturated heterocycles. The molecule has 9 heteroatoms. The number of hydrogen-bond donors (Lipinski definition) is 0. The molecule has 2 fully saturated rings. The summed E-state index contributed by atoms with van der Waals surface area (Å²) in [5, 5.41) is -0.442. The molecule has 1 aromatic carbocycles. The summed E-state index contributed by atoms with van der Waals surface area (Å²) in [4.78, 5) is 40.3. The summed E-state index contributed by atoms with van der Waals surface area (Å²) >= 11 is 4.28. The van der Waals surface area contributed by atoms with Crippen LogP contribution in [0.5, 0.6) is 11.5 Å². The van der Waals surface area contributed by atoms with Crippen LogP contribution in [0.2, 0.25) is 0 Å². The first-order valence-corrected chi connectivity index (χ1v) is 10.7. The van der Waals surface area contributed by atoms with Gasteiger partial charge in [0.15, 0.2) is 11.5 Å². The van der Waals surface area contributed by atoms with Gasteiger partial charge in [0.05, 0.1) is 12.0 Å². The quantitative estimate of drug-likeness (QED) is 0.437. The molecule has 3 amide bonds. The van der Waals surface area contributed by atoms with E-state index < -0.39 is 11.1 Å².